The predicted molar refractivity (Wildman–Crippen MR) is 129 cm³/mol. The highest BCUT2D eigenvalue weighted by Gasteiger charge is 2.26. The SMILES string of the molecule is Cc1c(N2CCCC(C)C2)c(=O)n(CC(N)c2ccccc2)c(=O)n1Cc1c(F)cccc1F. The average molecular weight is 469 g/mol. The van der Waals surface area contributed by atoms with Crippen LogP contribution < -0.4 is 21.9 Å². The van der Waals surface area contributed by atoms with Crippen LogP contribution in [0.4, 0.5) is 14.5 Å². The molecular formula is C26H30F2N4O2. The summed E-state index contributed by atoms with van der Waals surface area (Å²) in [6, 6.07) is 12.2. The number of nitrogens with two attached hydrogens (primary N) is 1. The van der Waals surface area contributed by atoms with Crippen molar-refractivity contribution < 1.29 is 8.78 Å². The highest BCUT2D eigenvalue weighted by atomic mass is 19.1. The minimum atomic E-state index is -0.738. The third kappa shape index (κ3) is 4.68. The van der Waals surface area contributed by atoms with Gasteiger partial charge < -0.3 is 10.6 Å². The first-order valence-corrected chi connectivity index (χ1v) is 11.6. The minimum Gasteiger partial charge on any atom is -0.365 e. The van der Waals surface area contributed by atoms with Crippen LogP contribution in [0, 0.1) is 24.5 Å². The largest absolute Gasteiger partial charge is 0.365 e. The molecule has 34 heavy (non-hydrogen) atoms. The van der Waals surface area contributed by atoms with Crippen molar-refractivity contribution in [1.82, 2.24) is 9.13 Å². The maximum absolute atomic E-state index is 14.5. The van der Waals surface area contributed by atoms with Crippen molar-refractivity contribution in [2.45, 2.75) is 45.8 Å². The molecule has 8 heteroatoms. The van der Waals surface area contributed by atoms with Gasteiger partial charge in [0.05, 0.1) is 13.1 Å². The fourth-order valence-corrected chi connectivity index (χ4v) is 4.73. The fourth-order valence-electron chi connectivity index (χ4n) is 4.73. The summed E-state index contributed by atoms with van der Waals surface area (Å²) in [6.07, 6.45) is 1.98. The first kappa shape index (κ1) is 23.9. The van der Waals surface area contributed by atoms with Gasteiger partial charge in [0.25, 0.3) is 5.56 Å². The Morgan fingerprint density at radius 1 is 1.03 bits per heavy atom. The van der Waals surface area contributed by atoms with Gasteiger partial charge in [0.15, 0.2) is 0 Å². The zero-order valence-corrected chi connectivity index (χ0v) is 19.5. The molecule has 4 rings (SSSR count). The first-order valence-electron chi connectivity index (χ1n) is 11.6. The van der Waals surface area contributed by atoms with Crippen molar-refractivity contribution in [1.29, 1.82) is 0 Å². The molecule has 1 aromatic heterocycles. The van der Waals surface area contributed by atoms with Gasteiger partial charge in [0.1, 0.15) is 17.3 Å². The Labute approximate surface area is 197 Å². The van der Waals surface area contributed by atoms with E-state index in [0.717, 1.165) is 35.1 Å². The van der Waals surface area contributed by atoms with Gasteiger partial charge in [-0.3, -0.25) is 13.9 Å². The highest BCUT2D eigenvalue weighted by molar-refractivity contribution is 5.49. The van der Waals surface area contributed by atoms with Gasteiger partial charge in [-0.1, -0.05) is 43.3 Å². The number of anilines is 1. The molecular weight excluding hydrogens is 438 g/mol. The fraction of sp³-hybridized carbons (Fsp3) is 0.385. The van der Waals surface area contributed by atoms with Gasteiger partial charge in [-0.2, -0.15) is 0 Å². The molecule has 0 amide bonds. The summed E-state index contributed by atoms with van der Waals surface area (Å²) in [7, 11) is 0. The molecule has 2 heterocycles. The Morgan fingerprint density at radius 3 is 2.35 bits per heavy atom. The molecule has 2 unspecified atom stereocenters. The lowest BCUT2D eigenvalue weighted by Gasteiger charge is -2.34. The molecule has 0 spiro atoms. The van der Waals surface area contributed by atoms with Gasteiger partial charge in [-0.05, 0) is 43.4 Å². The van der Waals surface area contributed by atoms with Crippen molar-refractivity contribution in [3.05, 3.63) is 97.8 Å². The van der Waals surface area contributed by atoms with Crippen molar-refractivity contribution >= 4 is 5.69 Å². The molecule has 1 fully saturated rings. The molecule has 0 saturated carbocycles. The number of rotatable bonds is 6. The molecule has 0 bridgehead atoms. The summed E-state index contributed by atoms with van der Waals surface area (Å²) >= 11 is 0. The predicted octanol–water partition coefficient (Wildman–Crippen LogP) is 3.58. The Balaban J connectivity index is 1.86. The van der Waals surface area contributed by atoms with Gasteiger partial charge in [0, 0.05) is 30.4 Å². The van der Waals surface area contributed by atoms with Crippen LogP contribution in [0.5, 0.6) is 0 Å². The van der Waals surface area contributed by atoms with Crippen LogP contribution in [0.25, 0.3) is 0 Å². The van der Waals surface area contributed by atoms with Crippen LogP contribution in [-0.2, 0) is 13.1 Å². The summed E-state index contributed by atoms with van der Waals surface area (Å²) < 4.78 is 31.3. The Bertz CT molecular complexity index is 1270. The summed E-state index contributed by atoms with van der Waals surface area (Å²) in [4.78, 5) is 29.1. The molecule has 2 atom stereocenters. The first-order chi connectivity index (χ1) is 16.3. The summed E-state index contributed by atoms with van der Waals surface area (Å²) in [5.74, 6) is -1.09. The normalized spacial score (nSPS) is 17.1. The van der Waals surface area contributed by atoms with Gasteiger partial charge >= 0.3 is 5.69 Å². The van der Waals surface area contributed by atoms with Gasteiger partial charge in [-0.25, -0.2) is 13.6 Å². The number of piperidine rings is 1. The molecule has 1 aliphatic rings. The molecule has 1 aliphatic heterocycles. The highest BCUT2D eigenvalue weighted by Crippen LogP contribution is 2.24. The van der Waals surface area contributed by atoms with E-state index in [1.165, 1.54) is 10.6 Å². The second kappa shape index (κ2) is 9.93. The van der Waals surface area contributed by atoms with Crippen LogP contribution >= 0.6 is 0 Å². The van der Waals surface area contributed by atoms with E-state index in [1.807, 2.05) is 35.2 Å². The molecule has 180 valence electrons. The van der Waals surface area contributed by atoms with Crippen LogP contribution in [-0.4, -0.2) is 22.2 Å². The van der Waals surface area contributed by atoms with Crippen molar-refractivity contribution in [3.63, 3.8) is 0 Å². The van der Waals surface area contributed by atoms with E-state index >= 15 is 0 Å². The maximum Gasteiger partial charge on any atom is 0.331 e. The van der Waals surface area contributed by atoms with Crippen LogP contribution in [0.15, 0.2) is 58.1 Å². The standard InChI is InChI=1S/C26H30F2N4O2/c1-17-8-7-13-30(14-17)24-18(2)31(15-20-21(27)11-6-12-22(20)28)26(34)32(25(24)33)16-23(29)19-9-4-3-5-10-19/h3-6,9-12,17,23H,7-8,13-16,29H2,1-2H3. The number of nitrogens with zero attached hydrogens (tertiary/aromatic N) is 3. The lowest BCUT2D eigenvalue weighted by molar-refractivity contribution is 0.438. The van der Waals surface area contributed by atoms with Crippen LogP contribution in [0.1, 0.15) is 42.6 Å². The quantitative estimate of drug-likeness (QED) is 0.600. The second-order valence-corrected chi connectivity index (χ2v) is 9.13. The molecule has 0 radical (unpaired) electrons. The van der Waals surface area contributed by atoms with E-state index in [-0.39, 0.29) is 18.7 Å². The Kier molecular flexibility index (Phi) is 6.97. The molecule has 3 aromatic rings. The maximum atomic E-state index is 14.5. The van der Waals surface area contributed by atoms with E-state index < -0.39 is 28.9 Å². The number of halogens is 2. The average Bonchev–Trinajstić information content (AvgIpc) is 2.81. The van der Waals surface area contributed by atoms with Crippen molar-refractivity contribution in [2.24, 2.45) is 11.7 Å². The number of benzene rings is 2. The monoisotopic (exact) mass is 468 g/mol. The summed E-state index contributed by atoms with van der Waals surface area (Å²) in [5, 5.41) is 0. The van der Waals surface area contributed by atoms with Crippen LogP contribution in [0.2, 0.25) is 0 Å². The topological polar surface area (TPSA) is 73.3 Å². The van der Waals surface area contributed by atoms with Gasteiger partial charge in [0.2, 0.25) is 0 Å². The number of aromatic nitrogens is 2. The Hall–Kier alpha value is -3.26. The molecule has 6 nitrogen and oxygen atoms in total. The minimum absolute atomic E-state index is 0.0435. The van der Waals surface area contributed by atoms with E-state index in [9.17, 15) is 18.4 Å². The smallest absolute Gasteiger partial charge is 0.331 e. The van der Waals surface area contributed by atoms with E-state index in [1.54, 1.807) is 6.92 Å². The van der Waals surface area contributed by atoms with E-state index in [4.69, 9.17) is 5.73 Å². The lowest BCUT2D eigenvalue weighted by atomic mass is 9.99. The Morgan fingerprint density at radius 2 is 1.71 bits per heavy atom. The summed E-state index contributed by atoms with van der Waals surface area (Å²) in [6.45, 7) is 4.77. The molecule has 2 N–H and O–H groups in total. The zero-order valence-electron chi connectivity index (χ0n) is 19.5. The molecule has 0 aliphatic carbocycles. The lowest BCUT2D eigenvalue weighted by Crippen LogP contribution is -2.48. The third-order valence-corrected chi connectivity index (χ3v) is 6.62. The van der Waals surface area contributed by atoms with E-state index in [0.29, 0.717) is 30.4 Å². The van der Waals surface area contributed by atoms with Gasteiger partial charge in [-0.15, -0.1) is 0 Å². The molecule has 1 saturated heterocycles. The zero-order chi connectivity index (χ0) is 24.4. The van der Waals surface area contributed by atoms with Crippen molar-refractivity contribution in [3.8, 4) is 0 Å². The van der Waals surface area contributed by atoms with E-state index in [2.05, 4.69) is 6.92 Å². The van der Waals surface area contributed by atoms with Crippen LogP contribution in [0.3, 0.4) is 0 Å². The number of hydrogen-bond acceptors (Lipinski definition) is 4. The second-order valence-electron chi connectivity index (χ2n) is 9.13. The number of hydrogen-bond donors (Lipinski definition) is 1. The third-order valence-electron chi connectivity index (χ3n) is 6.62. The van der Waals surface area contributed by atoms with Crippen molar-refractivity contribution in [2.75, 3.05) is 18.0 Å². The molecule has 2 aromatic carbocycles. The summed E-state index contributed by atoms with van der Waals surface area (Å²) in [5.41, 5.74) is 6.66.